The molecule has 0 bridgehead atoms. The van der Waals surface area contributed by atoms with Crippen LogP contribution < -0.4 is 4.74 Å². The number of aromatic nitrogens is 2. The molecule has 25 heavy (non-hydrogen) atoms. The van der Waals surface area contributed by atoms with Crippen molar-refractivity contribution in [2.75, 3.05) is 7.11 Å². The molecule has 0 saturated carbocycles. The average Bonchev–Trinajstić information content (AvgIpc) is 3.17. The normalized spacial score (nSPS) is 12.2. The Kier molecular flexibility index (Phi) is 4.17. The fourth-order valence-corrected chi connectivity index (χ4v) is 3.60. The maximum absolute atomic E-state index is 10.6. The first-order chi connectivity index (χ1) is 12.3. The molecule has 0 radical (unpaired) electrons. The fourth-order valence-electron chi connectivity index (χ4n) is 2.78. The van der Waals surface area contributed by atoms with Gasteiger partial charge in [-0.15, -0.1) is 11.3 Å². The Morgan fingerprint density at radius 3 is 2.64 bits per heavy atom. The van der Waals surface area contributed by atoms with Gasteiger partial charge in [0, 0.05) is 22.5 Å². The number of thiazole rings is 1. The van der Waals surface area contributed by atoms with Crippen molar-refractivity contribution in [3.8, 4) is 17.0 Å². The van der Waals surface area contributed by atoms with E-state index in [2.05, 4.69) is 9.97 Å². The minimum absolute atomic E-state index is 0.660. The summed E-state index contributed by atoms with van der Waals surface area (Å²) in [5.74, 6) is 0.762. The van der Waals surface area contributed by atoms with Gasteiger partial charge in [-0.05, 0) is 23.8 Å². The van der Waals surface area contributed by atoms with E-state index >= 15 is 0 Å². The van der Waals surface area contributed by atoms with E-state index in [4.69, 9.17) is 4.74 Å². The van der Waals surface area contributed by atoms with Gasteiger partial charge < -0.3 is 9.84 Å². The summed E-state index contributed by atoms with van der Waals surface area (Å²) in [5.41, 5.74) is 3.51. The molecule has 2 aromatic heterocycles. The monoisotopic (exact) mass is 348 g/mol. The Morgan fingerprint density at radius 2 is 1.84 bits per heavy atom. The summed E-state index contributed by atoms with van der Waals surface area (Å²) in [6.07, 6.45) is 1.03. The van der Waals surface area contributed by atoms with Crippen molar-refractivity contribution in [3.05, 3.63) is 76.7 Å². The van der Waals surface area contributed by atoms with Crippen molar-refractivity contribution in [3.63, 3.8) is 0 Å². The van der Waals surface area contributed by atoms with Crippen molar-refractivity contribution in [2.45, 2.75) is 6.10 Å². The number of pyridine rings is 1. The third-order valence-electron chi connectivity index (χ3n) is 4.10. The van der Waals surface area contributed by atoms with Crippen LogP contribution in [-0.4, -0.2) is 22.2 Å². The summed E-state index contributed by atoms with van der Waals surface area (Å²) in [4.78, 5) is 9.12. The van der Waals surface area contributed by atoms with Crippen molar-refractivity contribution >= 4 is 22.2 Å². The molecule has 0 amide bonds. The fraction of sp³-hybridized carbons (Fsp3) is 0.100. The Hall–Kier alpha value is -2.76. The first-order valence-electron chi connectivity index (χ1n) is 7.88. The lowest BCUT2D eigenvalue weighted by Gasteiger charge is -2.08. The molecule has 4 rings (SSSR count). The predicted octanol–water partition coefficient (Wildman–Crippen LogP) is 4.45. The zero-order chi connectivity index (χ0) is 17.2. The van der Waals surface area contributed by atoms with Gasteiger partial charge in [0.05, 0.1) is 18.3 Å². The Morgan fingerprint density at radius 1 is 1.04 bits per heavy atom. The summed E-state index contributed by atoms with van der Waals surface area (Å²) < 4.78 is 5.16. The van der Waals surface area contributed by atoms with Crippen LogP contribution in [0.15, 0.2) is 66.2 Å². The number of benzene rings is 2. The molecular formula is C20H16N2O2S. The molecule has 124 valence electrons. The van der Waals surface area contributed by atoms with Gasteiger partial charge in [-0.25, -0.2) is 4.98 Å². The molecule has 0 spiro atoms. The van der Waals surface area contributed by atoms with Crippen LogP contribution in [0.5, 0.6) is 5.75 Å². The lowest BCUT2D eigenvalue weighted by molar-refractivity contribution is 0.220. The largest absolute Gasteiger partial charge is 0.497 e. The SMILES string of the molecule is COc1ccc(C(O)c2nc(-c3cccc4cccnc34)cs2)cc1. The smallest absolute Gasteiger partial charge is 0.131 e. The van der Waals surface area contributed by atoms with E-state index in [1.165, 1.54) is 11.3 Å². The highest BCUT2D eigenvalue weighted by molar-refractivity contribution is 7.10. The molecule has 0 saturated heterocycles. The van der Waals surface area contributed by atoms with E-state index in [9.17, 15) is 5.11 Å². The zero-order valence-electron chi connectivity index (χ0n) is 13.6. The van der Waals surface area contributed by atoms with Gasteiger partial charge in [-0.3, -0.25) is 4.98 Å². The van der Waals surface area contributed by atoms with E-state index in [1.54, 1.807) is 13.3 Å². The Labute approximate surface area is 149 Å². The van der Waals surface area contributed by atoms with Gasteiger partial charge in [-0.2, -0.15) is 0 Å². The van der Waals surface area contributed by atoms with Crippen LogP contribution in [0.3, 0.4) is 0 Å². The first-order valence-corrected chi connectivity index (χ1v) is 8.76. The van der Waals surface area contributed by atoms with Crippen LogP contribution in [0.4, 0.5) is 0 Å². The minimum Gasteiger partial charge on any atom is -0.497 e. The van der Waals surface area contributed by atoms with E-state index in [1.807, 2.05) is 60.0 Å². The topological polar surface area (TPSA) is 55.2 Å². The number of hydrogen-bond acceptors (Lipinski definition) is 5. The maximum atomic E-state index is 10.6. The van der Waals surface area contributed by atoms with Crippen molar-refractivity contribution in [1.82, 2.24) is 9.97 Å². The molecule has 5 heteroatoms. The number of fused-ring (bicyclic) bond motifs is 1. The highest BCUT2D eigenvalue weighted by Crippen LogP contribution is 2.32. The number of ether oxygens (including phenoxy) is 1. The lowest BCUT2D eigenvalue weighted by atomic mass is 10.1. The van der Waals surface area contributed by atoms with Crippen LogP contribution in [-0.2, 0) is 0 Å². The van der Waals surface area contributed by atoms with Crippen LogP contribution in [0, 0.1) is 0 Å². The Balaban J connectivity index is 1.69. The number of aliphatic hydroxyl groups excluding tert-OH is 1. The molecule has 2 aromatic carbocycles. The third kappa shape index (κ3) is 2.99. The second-order valence-electron chi connectivity index (χ2n) is 5.63. The second kappa shape index (κ2) is 6.63. The van der Waals surface area contributed by atoms with E-state index in [-0.39, 0.29) is 0 Å². The van der Waals surface area contributed by atoms with E-state index < -0.39 is 6.10 Å². The highest BCUT2D eigenvalue weighted by atomic mass is 32.1. The standard InChI is InChI=1S/C20H16N2O2S/c1-24-15-9-7-14(8-10-15)19(23)20-22-17(12-25-20)16-6-2-4-13-5-3-11-21-18(13)16/h2-12,19,23H,1H3. The van der Waals surface area contributed by atoms with Crippen LogP contribution in [0.1, 0.15) is 16.7 Å². The van der Waals surface area contributed by atoms with E-state index in [0.717, 1.165) is 33.5 Å². The minimum atomic E-state index is -0.757. The Bertz CT molecular complexity index is 1010. The molecule has 1 N–H and O–H groups in total. The third-order valence-corrected chi connectivity index (χ3v) is 4.99. The molecular weight excluding hydrogens is 332 g/mol. The first kappa shape index (κ1) is 15.7. The number of nitrogens with zero attached hydrogens (tertiary/aromatic N) is 2. The molecule has 2 heterocycles. The molecule has 1 atom stereocenters. The molecule has 4 nitrogen and oxygen atoms in total. The van der Waals surface area contributed by atoms with E-state index in [0.29, 0.717) is 5.01 Å². The molecule has 0 fully saturated rings. The number of para-hydroxylation sites is 1. The molecule has 0 aliphatic heterocycles. The molecule has 0 aliphatic carbocycles. The maximum Gasteiger partial charge on any atom is 0.131 e. The van der Waals surface area contributed by atoms with Gasteiger partial charge in [-0.1, -0.05) is 36.4 Å². The van der Waals surface area contributed by atoms with Crippen LogP contribution in [0.2, 0.25) is 0 Å². The molecule has 1 unspecified atom stereocenters. The second-order valence-corrected chi connectivity index (χ2v) is 6.52. The highest BCUT2D eigenvalue weighted by Gasteiger charge is 2.16. The van der Waals surface area contributed by atoms with Crippen LogP contribution >= 0.6 is 11.3 Å². The van der Waals surface area contributed by atoms with Crippen molar-refractivity contribution in [1.29, 1.82) is 0 Å². The van der Waals surface area contributed by atoms with Gasteiger partial charge in [0.25, 0.3) is 0 Å². The number of methoxy groups -OCH3 is 1. The van der Waals surface area contributed by atoms with Gasteiger partial charge >= 0.3 is 0 Å². The molecule has 0 aliphatic rings. The van der Waals surface area contributed by atoms with Crippen molar-refractivity contribution < 1.29 is 9.84 Å². The average molecular weight is 348 g/mol. The molecule has 4 aromatic rings. The summed E-state index contributed by atoms with van der Waals surface area (Å²) in [7, 11) is 1.62. The lowest BCUT2D eigenvalue weighted by Crippen LogP contribution is -1.99. The summed E-state index contributed by atoms with van der Waals surface area (Å²) >= 11 is 1.45. The van der Waals surface area contributed by atoms with Gasteiger partial charge in [0.1, 0.15) is 16.9 Å². The summed E-state index contributed by atoms with van der Waals surface area (Å²) in [6, 6.07) is 17.4. The van der Waals surface area contributed by atoms with Crippen molar-refractivity contribution in [2.24, 2.45) is 0 Å². The summed E-state index contributed by atoms with van der Waals surface area (Å²) in [5, 5.41) is 14.3. The predicted molar refractivity (Wildman–Crippen MR) is 99.9 cm³/mol. The van der Waals surface area contributed by atoms with Crippen LogP contribution in [0.25, 0.3) is 22.2 Å². The number of aliphatic hydroxyl groups is 1. The quantitative estimate of drug-likeness (QED) is 0.592. The van der Waals surface area contributed by atoms with Gasteiger partial charge in [0.2, 0.25) is 0 Å². The summed E-state index contributed by atoms with van der Waals surface area (Å²) in [6.45, 7) is 0. The zero-order valence-corrected chi connectivity index (χ0v) is 14.4. The van der Waals surface area contributed by atoms with Gasteiger partial charge in [0.15, 0.2) is 0 Å². The number of rotatable bonds is 4. The number of hydrogen-bond donors (Lipinski definition) is 1.